The van der Waals surface area contributed by atoms with Crippen LogP contribution in [-0.2, 0) is 0 Å². The van der Waals surface area contributed by atoms with Crippen LogP contribution in [0.4, 0.5) is 4.39 Å². The maximum Gasteiger partial charge on any atom is 0.103 e. The zero-order chi connectivity index (χ0) is 7.40. The summed E-state index contributed by atoms with van der Waals surface area (Å²) in [7, 11) is 0. The monoisotopic (exact) mass is 145 g/mol. The molecule has 2 heteroatoms. The van der Waals surface area contributed by atoms with E-state index in [-0.39, 0.29) is 0 Å². The van der Waals surface area contributed by atoms with E-state index in [0.717, 1.165) is 25.8 Å². The number of rotatable bonds is 2. The molecule has 0 aliphatic carbocycles. The highest BCUT2D eigenvalue weighted by Gasteiger charge is 2.19. The summed E-state index contributed by atoms with van der Waals surface area (Å²) in [6.45, 7) is 3.01. The predicted octanol–water partition coefficient (Wildman–Crippen LogP) is 1.88. The molecule has 60 valence electrons. The Morgan fingerprint density at radius 2 is 2.40 bits per heavy atom. The van der Waals surface area contributed by atoms with Crippen LogP contribution in [0, 0.1) is 0 Å². The van der Waals surface area contributed by atoms with Crippen molar-refractivity contribution in [3.05, 3.63) is 0 Å². The molecule has 1 N–H and O–H groups in total. The second-order valence-electron chi connectivity index (χ2n) is 3.06. The van der Waals surface area contributed by atoms with Crippen molar-refractivity contribution in [3.63, 3.8) is 0 Å². The van der Waals surface area contributed by atoms with Crippen molar-refractivity contribution in [3.8, 4) is 0 Å². The Hall–Kier alpha value is -0.110. The maximum atomic E-state index is 12.7. The summed E-state index contributed by atoms with van der Waals surface area (Å²) in [5, 5.41) is 3.31. The molecular weight excluding hydrogens is 129 g/mol. The van der Waals surface area contributed by atoms with Crippen molar-refractivity contribution >= 4 is 0 Å². The van der Waals surface area contributed by atoms with E-state index in [2.05, 4.69) is 12.2 Å². The zero-order valence-corrected chi connectivity index (χ0v) is 6.57. The lowest BCUT2D eigenvalue weighted by Crippen LogP contribution is -2.38. The van der Waals surface area contributed by atoms with Gasteiger partial charge in [-0.2, -0.15) is 0 Å². The first kappa shape index (κ1) is 7.99. The molecule has 1 saturated heterocycles. The highest BCUT2D eigenvalue weighted by Crippen LogP contribution is 2.14. The van der Waals surface area contributed by atoms with Crippen LogP contribution in [0.5, 0.6) is 0 Å². The average molecular weight is 145 g/mol. The Kier molecular flexibility index (Phi) is 3.13. The molecule has 1 aliphatic heterocycles. The summed E-state index contributed by atoms with van der Waals surface area (Å²) >= 11 is 0. The van der Waals surface area contributed by atoms with E-state index in [9.17, 15) is 4.39 Å². The minimum absolute atomic E-state index is 0.453. The zero-order valence-electron chi connectivity index (χ0n) is 6.57. The Balaban J connectivity index is 2.18. The molecule has 1 fully saturated rings. The Labute approximate surface area is 62.0 Å². The average Bonchev–Trinajstić information content (AvgIpc) is 1.88. The van der Waals surface area contributed by atoms with E-state index >= 15 is 0 Å². The van der Waals surface area contributed by atoms with Gasteiger partial charge in [0.2, 0.25) is 0 Å². The molecule has 0 aromatic heterocycles. The quantitative estimate of drug-likeness (QED) is 0.625. The maximum absolute atomic E-state index is 12.7. The van der Waals surface area contributed by atoms with Gasteiger partial charge in [0.25, 0.3) is 0 Å². The lowest BCUT2D eigenvalue weighted by Gasteiger charge is -2.25. The van der Waals surface area contributed by atoms with Gasteiger partial charge in [0, 0.05) is 6.04 Å². The molecule has 1 rings (SSSR count). The van der Waals surface area contributed by atoms with Crippen molar-refractivity contribution in [2.75, 3.05) is 6.54 Å². The van der Waals surface area contributed by atoms with Crippen molar-refractivity contribution in [2.45, 2.75) is 44.8 Å². The van der Waals surface area contributed by atoms with Gasteiger partial charge in [-0.3, -0.25) is 0 Å². The van der Waals surface area contributed by atoms with E-state index in [1.807, 2.05) is 0 Å². The summed E-state index contributed by atoms with van der Waals surface area (Å²) in [6, 6.07) is 0.453. The molecule has 2 atom stereocenters. The normalized spacial score (nSPS) is 34.2. The predicted molar refractivity (Wildman–Crippen MR) is 40.8 cm³/mol. The molecule has 0 amide bonds. The number of halogens is 1. The smallest absolute Gasteiger partial charge is 0.103 e. The first-order valence-electron chi connectivity index (χ1n) is 4.20. The van der Waals surface area contributed by atoms with Crippen LogP contribution >= 0.6 is 0 Å². The van der Waals surface area contributed by atoms with Crippen molar-refractivity contribution in [1.29, 1.82) is 0 Å². The molecule has 2 unspecified atom stereocenters. The summed E-state index contributed by atoms with van der Waals surface area (Å²) in [6.07, 6.45) is 3.18. The summed E-state index contributed by atoms with van der Waals surface area (Å²) in [5.74, 6) is 0. The molecule has 1 nitrogen and oxygen atoms in total. The Morgan fingerprint density at radius 3 is 3.00 bits per heavy atom. The minimum atomic E-state index is -0.544. The molecule has 0 aromatic rings. The SMILES string of the molecule is CCCC1CC(F)CCN1. The van der Waals surface area contributed by atoms with Gasteiger partial charge in [-0.15, -0.1) is 0 Å². The van der Waals surface area contributed by atoms with Crippen LogP contribution in [0.2, 0.25) is 0 Å². The van der Waals surface area contributed by atoms with Gasteiger partial charge in [0.15, 0.2) is 0 Å². The third kappa shape index (κ3) is 2.25. The standard InChI is InChI=1S/C8H16FN/c1-2-3-8-6-7(9)4-5-10-8/h7-8,10H,2-6H2,1H3. The lowest BCUT2D eigenvalue weighted by atomic mass is 10.00. The number of piperidine rings is 1. The van der Waals surface area contributed by atoms with Crippen LogP contribution < -0.4 is 5.32 Å². The van der Waals surface area contributed by atoms with Gasteiger partial charge in [-0.05, 0) is 25.8 Å². The molecule has 0 radical (unpaired) electrons. The fourth-order valence-electron chi connectivity index (χ4n) is 1.52. The third-order valence-electron chi connectivity index (χ3n) is 2.07. The van der Waals surface area contributed by atoms with Gasteiger partial charge >= 0.3 is 0 Å². The molecule has 0 aromatic carbocycles. The van der Waals surface area contributed by atoms with Crippen molar-refractivity contribution < 1.29 is 4.39 Å². The van der Waals surface area contributed by atoms with Crippen LogP contribution in [-0.4, -0.2) is 18.8 Å². The van der Waals surface area contributed by atoms with E-state index in [1.165, 1.54) is 0 Å². The van der Waals surface area contributed by atoms with E-state index in [0.29, 0.717) is 12.5 Å². The molecule has 1 heterocycles. The van der Waals surface area contributed by atoms with Crippen LogP contribution in [0.25, 0.3) is 0 Å². The van der Waals surface area contributed by atoms with E-state index in [4.69, 9.17) is 0 Å². The van der Waals surface area contributed by atoms with E-state index in [1.54, 1.807) is 0 Å². The summed E-state index contributed by atoms with van der Waals surface area (Å²) < 4.78 is 12.7. The molecular formula is C8H16FN. The largest absolute Gasteiger partial charge is 0.314 e. The van der Waals surface area contributed by atoms with Gasteiger partial charge < -0.3 is 5.32 Å². The fraction of sp³-hybridized carbons (Fsp3) is 1.00. The third-order valence-corrected chi connectivity index (χ3v) is 2.07. The molecule has 0 spiro atoms. The highest BCUT2D eigenvalue weighted by atomic mass is 19.1. The lowest BCUT2D eigenvalue weighted by molar-refractivity contribution is 0.217. The number of nitrogens with one attached hydrogen (secondary N) is 1. The molecule has 0 bridgehead atoms. The Morgan fingerprint density at radius 1 is 1.60 bits per heavy atom. The molecule has 10 heavy (non-hydrogen) atoms. The number of hydrogen-bond donors (Lipinski definition) is 1. The molecule has 0 saturated carbocycles. The number of hydrogen-bond acceptors (Lipinski definition) is 1. The molecule has 1 aliphatic rings. The highest BCUT2D eigenvalue weighted by molar-refractivity contribution is 4.77. The van der Waals surface area contributed by atoms with Crippen LogP contribution in [0.15, 0.2) is 0 Å². The van der Waals surface area contributed by atoms with Gasteiger partial charge in [-0.1, -0.05) is 13.3 Å². The summed E-state index contributed by atoms with van der Waals surface area (Å²) in [5.41, 5.74) is 0. The van der Waals surface area contributed by atoms with Crippen LogP contribution in [0.1, 0.15) is 32.6 Å². The number of alkyl halides is 1. The first-order chi connectivity index (χ1) is 4.83. The first-order valence-corrected chi connectivity index (χ1v) is 4.20. The summed E-state index contributed by atoms with van der Waals surface area (Å²) in [4.78, 5) is 0. The van der Waals surface area contributed by atoms with Crippen molar-refractivity contribution in [1.82, 2.24) is 5.32 Å². The fourth-order valence-corrected chi connectivity index (χ4v) is 1.52. The minimum Gasteiger partial charge on any atom is -0.314 e. The van der Waals surface area contributed by atoms with Gasteiger partial charge in [0.1, 0.15) is 6.17 Å². The van der Waals surface area contributed by atoms with Crippen molar-refractivity contribution in [2.24, 2.45) is 0 Å². The van der Waals surface area contributed by atoms with E-state index < -0.39 is 6.17 Å². The topological polar surface area (TPSA) is 12.0 Å². The van der Waals surface area contributed by atoms with Crippen LogP contribution in [0.3, 0.4) is 0 Å². The van der Waals surface area contributed by atoms with Gasteiger partial charge in [0.05, 0.1) is 0 Å². The Bertz CT molecular complexity index is 93.3. The van der Waals surface area contributed by atoms with Gasteiger partial charge in [-0.25, -0.2) is 4.39 Å². The second kappa shape index (κ2) is 3.91. The second-order valence-corrected chi connectivity index (χ2v) is 3.06.